The predicted octanol–water partition coefficient (Wildman–Crippen LogP) is 1.01. The summed E-state index contributed by atoms with van der Waals surface area (Å²) < 4.78 is 0. The highest BCUT2D eigenvalue weighted by Crippen LogP contribution is 2.27. The molecular weight excluding hydrogens is 346 g/mol. The lowest BCUT2D eigenvalue weighted by atomic mass is 9.83. The Morgan fingerprint density at radius 3 is 2.67 bits per heavy atom. The van der Waals surface area contributed by atoms with E-state index in [9.17, 15) is 14.7 Å². The van der Waals surface area contributed by atoms with E-state index in [0.29, 0.717) is 42.4 Å². The van der Waals surface area contributed by atoms with Gasteiger partial charge in [0.25, 0.3) is 5.91 Å². The van der Waals surface area contributed by atoms with Crippen LogP contribution < -0.4 is 10.6 Å². The summed E-state index contributed by atoms with van der Waals surface area (Å²) in [7, 11) is 0. The molecule has 2 heterocycles. The topological polar surface area (TPSA) is 120 Å². The monoisotopic (exact) mass is 369 g/mol. The molecule has 0 radical (unpaired) electrons. The molecular formula is C19H23N5O3. The van der Waals surface area contributed by atoms with Gasteiger partial charge in [0, 0.05) is 18.2 Å². The van der Waals surface area contributed by atoms with E-state index in [1.54, 1.807) is 12.3 Å². The molecule has 27 heavy (non-hydrogen) atoms. The number of aliphatic hydroxyl groups excluding tert-OH is 1. The lowest BCUT2D eigenvalue weighted by Crippen LogP contribution is -2.49. The number of nitrogens with one attached hydrogen (secondary N) is 3. The number of aromatic nitrogens is 3. The second-order valence-electron chi connectivity index (χ2n) is 7.32. The van der Waals surface area contributed by atoms with E-state index < -0.39 is 6.10 Å². The van der Waals surface area contributed by atoms with Gasteiger partial charge in [-0.25, -0.2) is 0 Å². The van der Waals surface area contributed by atoms with Crippen molar-refractivity contribution in [2.45, 2.75) is 50.3 Å². The molecule has 2 aliphatic rings. The largest absolute Gasteiger partial charge is 0.391 e. The number of nitrogens with zero attached hydrogens (tertiary/aromatic N) is 2. The van der Waals surface area contributed by atoms with Crippen molar-refractivity contribution in [3.63, 3.8) is 0 Å². The zero-order valence-corrected chi connectivity index (χ0v) is 14.9. The van der Waals surface area contributed by atoms with Crippen molar-refractivity contribution in [3.05, 3.63) is 36.2 Å². The molecule has 4 N–H and O–H groups in total. The summed E-state index contributed by atoms with van der Waals surface area (Å²) in [6.07, 6.45) is 4.61. The van der Waals surface area contributed by atoms with Gasteiger partial charge in [-0.2, -0.15) is 5.10 Å². The van der Waals surface area contributed by atoms with Crippen molar-refractivity contribution in [2.24, 2.45) is 5.92 Å². The summed E-state index contributed by atoms with van der Waals surface area (Å²) in [4.78, 5) is 28.8. The van der Waals surface area contributed by atoms with Crippen molar-refractivity contribution in [1.29, 1.82) is 0 Å². The lowest BCUT2D eigenvalue weighted by Gasteiger charge is -2.32. The number of amides is 2. The van der Waals surface area contributed by atoms with E-state index in [2.05, 4.69) is 25.8 Å². The van der Waals surface area contributed by atoms with Gasteiger partial charge in [0.2, 0.25) is 5.91 Å². The summed E-state index contributed by atoms with van der Waals surface area (Å²) in [5.74, 6) is -0.485. The summed E-state index contributed by atoms with van der Waals surface area (Å²) in [5, 5.41) is 23.1. The number of pyridine rings is 1. The SMILES string of the molecule is O=C(N[C@@H]1CC[C@H](C(=O)NC2CC2)C[C@H]1O)c1cc(-c2ccccn2)n[nH]1. The Bertz CT molecular complexity index is 818. The van der Waals surface area contributed by atoms with Crippen LogP contribution in [0.1, 0.15) is 42.6 Å². The fourth-order valence-electron chi connectivity index (χ4n) is 3.43. The van der Waals surface area contributed by atoms with Crippen LogP contribution in [0.15, 0.2) is 30.5 Å². The van der Waals surface area contributed by atoms with Gasteiger partial charge in [-0.3, -0.25) is 19.7 Å². The van der Waals surface area contributed by atoms with Gasteiger partial charge in [0.1, 0.15) is 11.4 Å². The molecule has 0 saturated heterocycles. The maximum atomic E-state index is 12.5. The molecule has 2 saturated carbocycles. The van der Waals surface area contributed by atoms with E-state index in [-0.39, 0.29) is 23.8 Å². The number of carbonyl (C=O) groups is 2. The van der Waals surface area contributed by atoms with Gasteiger partial charge in [-0.1, -0.05) is 6.07 Å². The van der Waals surface area contributed by atoms with Crippen LogP contribution in [0.4, 0.5) is 0 Å². The van der Waals surface area contributed by atoms with Crippen molar-refractivity contribution >= 4 is 11.8 Å². The maximum absolute atomic E-state index is 12.5. The minimum atomic E-state index is -0.740. The van der Waals surface area contributed by atoms with Crippen LogP contribution in [0.5, 0.6) is 0 Å². The first-order valence-electron chi connectivity index (χ1n) is 9.36. The van der Waals surface area contributed by atoms with Crippen molar-refractivity contribution < 1.29 is 14.7 Å². The maximum Gasteiger partial charge on any atom is 0.269 e. The van der Waals surface area contributed by atoms with E-state index in [0.717, 1.165) is 12.8 Å². The number of H-pyrrole nitrogens is 1. The molecule has 2 aliphatic carbocycles. The van der Waals surface area contributed by atoms with Crippen LogP contribution in [-0.2, 0) is 4.79 Å². The average molecular weight is 369 g/mol. The zero-order chi connectivity index (χ0) is 18.8. The third-order valence-electron chi connectivity index (χ3n) is 5.18. The van der Waals surface area contributed by atoms with Crippen LogP contribution in [0, 0.1) is 5.92 Å². The smallest absolute Gasteiger partial charge is 0.269 e. The highest BCUT2D eigenvalue weighted by Gasteiger charge is 2.35. The first-order valence-corrected chi connectivity index (χ1v) is 9.36. The van der Waals surface area contributed by atoms with Crippen molar-refractivity contribution in [2.75, 3.05) is 0 Å². The quantitative estimate of drug-likeness (QED) is 0.627. The molecule has 0 unspecified atom stereocenters. The number of carbonyl (C=O) groups excluding carboxylic acids is 2. The number of hydrogen-bond acceptors (Lipinski definition) is 5. The van der Waals surface area contributed by atoms with Gasteiger partial charge < -0.3 is 15.7 Å². The highest BCUT2D eigenvalue weighted by atomic mass is 16.3. The molecule has 0 bridgehead atoms. The number of rotatable bonds is 5. The normalized spacial score (nSPS) is 25.0. The molecule has 2 amide bonds. The molecule has 8 heteroatoms. The first-order chi connectivity index (χ1) is 13.1. The van der Waals surface area contributed by atoms with Crippen LogP contribution in [0.2, 0.25) is 0 Å². The highest BCUT2D eigenvalue weighted by molar-refractivity contribution is 5.93. The Morgan fingerprint density at radius 1 is 1.11 bits per heavy atom. The van der Waals surface area contributed by atoms with Gasteiger partial charge in [0.15, 0.2) is 0 Å². The molecule has 2 fully saturated rings. The van der Waals surface area contributed by atoms with E-state index in [1.807, 2.05) is 18.2 Å². The molecule has 2 aromatic rings. The molecule has 0 aliphatic heterocycles. The molecule has 3 atom stereocenters. The first kappa shape index (κ1) is 17.7. The van der Waals surface area contributed by atoms with Crippen LogP contribution in [-0.4, -0.2) is 50.3 Å². The Kier molecular flexibility index (Phi) is 4.89. The Morgan fingerprint density at radius 2 is 1.96 bits per heavy atom. The van der Waals surface area contributed by atoms with Gasteiger partial charge in [0.05, 0.1) is 17.8 Å². The van der Waals surface area contributed by atoms with E-state index in [4.69, 9.17) is 0 Å². The van der Waals surface area contributed by atoms with Crippen molar-refractivity contribution in [3.8, 4) is 11.4 Å². The summed E-state index contributed by atoms with van der Waals surface area (Å²) in [5.41, 5.74) is 1.58. The number of aliphatic hydroxyl groups is 1. The molecule has 0 aromatic carbocycles. The minimum absolute atomic E-state index is 0.0231. The second kappa shape index (κ2) is 7.48. The number of hydrogen-bond donors (Lipinski definition) is 4. The number of aromatic amines is 1. The average Bonchev–Trinajstić information content (AvgIpc) is 3.35. The van der Waals surface area contributed by atoms with Crippen LogP contribution in [0.25, 0.3) is 11.4 Å². The van der Waals surface area contributed by atoms with Crippen molar-refractivity contribution in [1.82, 2.24) is 25.8 Å². The Hall–Kier alpha value is -2.74. The summed E-state index contributed by atoms with van der Waals surface area (Å²) in [6.45, 7) is 0. The third-order valence-corrected chi connectivity index (χ3v) is 5.18. The Balaban J connectivity index is 1.33. The minimum Gasteiger partial charge on any atom is -0.391 e. The van der Waals surface area contributed by atoms with Gasteiger partial charge in [-0.05, 0) is 50.3 Å². The van der Waals surface area contributed by atoms with Gasteiger partial charge >= 0.3 is 0 Å². The lowest BCUT2D eigenvalue weighted by molar-refractivity contribution is -0.127. The van der Waals surface area contributed by atoms with E-state index in [1.165, 1.54) is 0 Å². The fraction of sp³-hybridized carbons (Fsp3) is 0.474. The molecule has 2 aromatic heterocycles. The van der Waals surface area contributed by atoms with E-state index >= 15 is 0 Å². The van der Waals surface area contributed by atoms with Crippen LogP contribution in [0.3, 0.4) is 0 Å². The third kappa shape index (κ3) is 4.16. The summed E-state index contributed by atoms with van der Waals surface area (Å²) >= 11 is 0. The molecule has 8 nitrogen and oxygen atoms in total. The standard InChI is InChI=1S/C19H23N5O3/c25-17-9-11(18(26)21-12-5-6-12)4-7-14(17)22-19(27)16-10-15(23-24-16)13-3-1-2-8-20-13/h1-3,8,10-12,14,17,25H,4-7,9H2,(H,21,26)(H,22,27)(H,23,24)/t11-,14+,17+/m0/s1. The van der Waals surface area contributed by atoms with Gasteiger partial charge in [-0.15, -0.1) is 0 Å². The molecule has 0 spiro atoms. The van der Waals surface area contributed by atoms with Crippen LogP contribution >= 0.6 is 0 Å². The summed E-state index contributed by atoms with van der Waals surface area (Å²) in [6, 6.07) is 7.07. The molecule has 142 valence electrons. The molecule has 4 rings (SSSR count). The zero-order valence-electron chi connectivity index (χ0n) is 14.9. The Labute approximate surface area is 156 Å². The fourth-order valence-corrected chi connectivity index (χ4v) is 3.43. The predicted molar refractivity (Wildman–Crippen MR) is 97.6 cm³/mol. The second-order valence-corrected chi connectivity index (χ2v) is 7.32.